The highest BCUT2D eigenvalue weighted by Gasteiger charge is 2.12. The first-order valence-electron chi connectivity index (χ1n) is 6.71. The molecule has 110 valence electrons. The second-order valence-corrected chi connectivity index (χ2v) is 4.97. The van der Waals surface area contributed by atoms with E-state index in [2.05, 4.69) is 15.0 Å². The van der Waals surface area contributed by atoms with Crippen LogP contribution >= 0.6 is 0 Å². The van der Waals surface area contributed by atoms with Crippen LogP contribution in [-0.2, 0) is 11.3 Å². The number of rotatable bonds is 3. The van der Waals surface area contributed by atoms with Crippen molar-refractivity contribution in [3.63, 3.8) is 0 Å². The largest absolute Gasteiger partial charge is 0.378 e. The summed E-state index contributed by atoms with van der Waals surface area (Å²) in [4.78, 5) is 17.1. The predicted octanol–water partition coefficient (Wildman–Crippen LogP) is -0.00208. The molecule has 0 aliphatic carbocycles. The molecule has 1 aromatic heterocycles. The Labute approximate surface area is 119 Å². The van der Waals surface area contributed by atoms with Crippen LogP contribution in [0.2, 0.25) is 0 Å². The number of aliphatic imine (C=N–C) groups is 1. The molecule has 0 unspecified atom stereocenters. The third-order valence-electron chi connectivity index (χ3n) is 3.03. The van der Waals surface area contributed by atoms with E-state index in [1.165, 1.54) is 0 Å². The van der Waals surface area contributed by atoms with Crippen LogP contribution in [0.3, 0.4) is 0 Å². The Kier molecular flexibility index (Phi) is 4.73. The molecule has 0 saturated carbocycles. The zero-order valence-electron chi connectivity index (χ0n) is 12.3. The smallest absolute Gasteiger partial charge is 0.225 e. The molecule has 1 fully saturated rings. The maximum absolute atomic E-state index is 6.00. The fourth-order valence-corrected chi connectivity index (χ4v) is 1.95. The molecule has 1 aromatic rings. The molecular weight excluding hydrogens is 256 g/mol. The average Bonchev–Trinajstić information content (AvgIpc) is 2.45. The van der Waals surface area contributed by atoms with Crippen molar-refractivity contribution in [1.29, 1.82) is 0 Å². The third kappa shape index (κ3) is 3.80. The number of guanidine groups is 1. The number of nitrogens with two attached hydrogens (primary N) is 1. The summed E-state index contributed by atoms with van der Waals surface area (Å²) in [6.45, 7) is 5.41. The van der Waals surface area contributed by atoms with Gasteiger partial charge in [-0.25, -0.2) is 15.0 Å². The quantitative estimate of drug-likeness (QED) is 0.619. The predicted molar refractivity (Wildman–Crippen MR) is 78.8 cm³/mol. The molecule has 7 nitrogen and oxygen atoms in total. The van der Waals surface area contributed by atoms with Gasteiger partial charge in [-0.2, -0.15) is 0 Å². The summed E-state index contributed by atoms with van der Waals surface area (Å²) in [5.41, 5.74) is 7.80. The Hall–Kier alpha value is -1.89. The summed E-state index contributed by atoms with van der Waals surface area (Å²) in [6, 6.07) is 1.93. The van der Waals surface area contributed by atoms with Crippen LogP contribution in [0.4, 0.5) is 5.95 Å². The lowest BCUT2D eigenvalue weighted by Gasteiger charge is -2.27. The van der Waals surface area contributed by atoms with Gasteiger partial charge in [0.1, 0.15) is 0 Å². The van der Waals surface area contributed by atoms with Gasteiger partial charge in [0.05, 0.1) is 25.5 Å². The van der Waals surface area contributed by atoms with Crippen molar-refractivity contribution in [2.45, 2.75) is 13.5 Å². The number of hydrogen-bond acceptors (Lipinski definition) is 5. The molecule has 1 saturated heterocycles. The Bertz CT molecular complexity index is 482. The number of nitrogens with zero attached hydrogens (tertiary/aromatic N) is 5. The summed E-state index contributed by atoms with van der Waals surface area (Å²) in [5, 5.41) is 0. The van der Waals surface area contributed by atoms with Crippen LogP contribution in [0.1, 0.15) is 11.4 Å². The average molecular weight is 278 g/mol. The first-order valence-corrected chi connectivity index (χ1v) is 6.71. The summed E-state index contributed by atoms with van der Waals surface area (Å²) < 4.78 is 5.29. The number of aromatic nitrogens is 2. The molecule has 0 radical (unpaired) electrons. The van der Waals surface area contributed by atoms with E-state index in [0.29, 0.717) is 31.7 Å². The van der Waals surface area contributed by atoms with E-state index in [9.17, 15) is 0 Å². The lowest BCUT2D eigenvalue weighted by Crippen LogP contribution is -2.44. The van der Waals surface area contributed by atoms with Crippen LogP contribution in [0.5, 0.6) is 0 Å². The zero-order chi connectivity index (χ0) is 14.5. The van der Waals surface area contributed by atoms with Crippen molar-refractivity contribution in [1.82, 2.24) is 14.9 Å². The standard InChI is InChI=1S/C13H22N6O/c1-10-8-11(17-13(16-10)18(2)3)9-15-12(14)19-4-6-20-7-5-19/h8H,4-7,9H2,1-3H3,(H2,14,15). The van der Waals surface area contributed by atoms with Gasteiger partial charge in [-0.3, -0.25) is 0 Å². The fraction of sp³-hybridized carbons (Fsp3) is 0.615. The molecule has 1 aliphatic rings. The van der Waals surface area contributed by atoms with Crippen molar-refractivity contribution in [2.24, 2.45) is 10.7 Å². The zero-order valence-corrected chi connectivity index (χ0v) is 12.3. The molecule has 0 spiro atoms. The lowest BCUT2D eigenvalue weighted by atomic mass is 10.3. The molecular formula is C13H22N6O. The van der Waals surface area contributed by atoms with E-state index in [1.807, 2.05) is 36.9 Å². The molecule has 2 rings (SSSR count). The number of anilines is 1. The molecule has 7 heteroatoms. The number of hydrogen-bond donors (Lipinski definition) is 1. The topological polar surface area (TPSA) is 79.9 Å². The van der Waals surface area contributed by atoms with Crippen molar-refractivity contribution in [3.8, 4) is 0 Å². The van der Waals surface area contributed by atoms with Crippen molar-refractivity contribution in [2.75, 3.05) is 45.3 Å². The maximum Gasteiger partial charge on any atom is 0.225 e. The first-order chi connectivity index (χ1) is 9.56. The summed E-state index contributed by atoms with van der Waals surface area (Å²) >= 11 is 0. The minimum Gasteiger partial charge on any atom is -0.378 e. The van der Waals surface area contributed by atoms with Gasteiger partial charge in [-0.1, -0.05) is 0 Å². The van der Waals surface area contributed by atoms with E-state index in [0.717, 1.165) is 24.5 Å². The maximum atomic E-state index is 6.00. The van der Waals surface area contributed by atoms with E-state index in [-0.39, 0.29) is 0 Å². The molecule has 0 bridgehead atoms. The number of ether oxygens (including phenoxy) is 1. The van der Waals surface area contributed by atoms with Crippen molar-refractivity contribution >= 4 is 11.9 Å². The van der Waals surface area contributed by atoms with Crippen LogP contribution in [0.25, 0.3) is 0 Å². The molecule has 20 heavy (non-hydrogen) atoms. The lowest BCUT2D eigenvalue weighted by molar-refractivity contribution is 0.0674. The van der Waals surface area contributed by atoms with Gasteiger partial charge in [0, 0.05) is 32.9 Å². The van der Waals surface area contributed by atoms with Crippen LogP contribution in [0, 0.1) is 6.92 Å². The molecule has 0 aromatic carbocycles. The molecule has 2 heterocycles. The minimum absolute atomic E-state index is 0.466. The Morgan fingerprint density at radius 3 is 2.75 bits per heavy atom. The summed E-state index contributed by atoms with van der Waals surface area (Å²) in [5.74, 6) is 1.25. The number of aryl methyl sites for hydroxylation is 1. The van der Waals surface area contributed by atoms with E-state index < -0.39 is 0 Å². The Balaban J connectivity index is 2.05. The summed E-state index contributed by atoms with van der Waals surface area (Å²) in [6.07, 6.45) is 0. The Morgan fingerprint density at radius 2 is 2.10 bits per heavy atom. The van der Waals surface area contributed by atoms with Crippen LogP contribution < -0.4 is 10.6 Å². The SMILES string of the molecule is Cc1cc(CN=C(N)N2CCOCC2)nc(N(C)C)n1. The summed E-state index contributed by atoms with van der Waals surface area (Å²) in [7, 11) is 3.84. The highest BCUT2D eigenvalue weighted by atomic mass is 16.5. The van der Waals surface area contributed by atoms with Crippen molar-refractivity contribution in [3.05, 3.63) is 17.5 Å². The Morgan fingerprint density at radius 1 is 1.40 bits per heavy atom. The van der Waals surface area contributed by atoms with Crippen molar-refractivity contribution < 1.29 is 4.74 Å². The van der Waals surface area contributed by atoms with Gasteiger partial charge < -0.3 is 20.3 Å². The van der Waals surface area contributed by atoms with Gasteiger partial charge in [-0.05, 0) is 13.0 Å². The fourth-order valence-electron chi connectivity index (χ4n) is 1.95. The van der Waals surface area contributed by atoms with Gasteiger partial charge >= 0.3 is 0 Å². The van der Waals surface area contributed by atoms with Gasteiger partial charge in [-0.15, -0.1) is 0 Å². The van der Waals surface area contributed by atoms with E-state index in [4.69, 9.17) is 10.5 Å². The first kappa shape index (κ1) is 14.5. The molecule has 2 N–H and O–H groups in total. The second kappa shape index (κ2) is 6.51. The molecule has 0 atom stereocenters. The third-order valence-corrected chi connectivity index (χ3v) is 3.03. The minimum atomic E-state index is 0.466. The normalized spacial score (nSPS) is 16.4. The van der Waals surface area contributed by atoms with Gasteiger partial charge in [0.2, 0.25) is 5.95 Å². The highest BCUT2D eigenvalue weighted by molar-refractivity contribution is 5.78. The van der Waals surface area contributed by atoms with E-state index in [1.54, 1.807) is 0 Å². The van der Waals surface area contributed by atoms with Crippen LogP contribution in [0.15, 0.2) is 11.1 Å². The van der Waals surface area contributed by atoms with Gasteiger partial charge in [0.15, 0.2) is 5.96 Å². The van der Waals surface area contributed by atoms with Crippen LogP contribution in [-0.4, -0.2) is 61.2 Å². The van der Waals surface area contributed by atoms with E-state index >= 15 is 0 Å². The second-order valence-electron chi connectivity index (χ2n) is 4.97. The van der Waals surface area contributed by atoms with Gasteiger partial charge in [0.25, 0.3) is 0 Å². The highest BCUT2D eigenvalue weighted by Crippen LogP contribution is 2.08. The molecule has 1 aliphatic heterocycles. The number of morpholine rings is 1. The monoisotopic (exact) mass is 278 g/mol. The molecule has 0 amide bonds.